The number of dihydropyridines is 1. The fourth-order valence-corrected chi connectivity index (χ4v) is 7.53. The summed E-state index contributed by atoms with van der Waals surface area (Å²) in [7, 11) is 0. The molecule has 12 aliphatic rings. The number of thioether (sulfide) groups is 4. The second-order valence-corrected chi connectivity index (χ2v) is 20.8. The highest BCUT2D eigenvalue weighted by Gasteiger charge is 1.97. The number of allylic oxidation sites excluding steroid dienone is 9. The van der Waals surface area contributed by atoms with Crippen LogP contribution in [0.1, 0.15) is 25.7 Å². The third kappa shape index (κ3) is 50.6. The molecule has 0 aromatic carbocycles. The van der Waals surface area contributed by atoms with Gasteiger partial charge in [-0.05, 0) is 104 Å². The fraction of sp³-hybridized carbons (Fsp3) is 0.219. The highest BCUT2D eigenvalue weighted by molar-refractivity contribution is 8.05. The van der Waals surface area contributed by atoms with Crippen molar-refractivity contribution >= 4 is 47.0 Å². The van der Waals surface area contributed by atoms with Gasteiger partial charge in [-0.2, -0.15) is 0 Å². The number of nitrogens with one attached hydrogen (secondary N) is 12. The third-order valence-electron chi connectivity index (χ3n) is 9.57. The molecule has 84 heavy (non-hydrogen) atoms. The molecule has 0 radical (unpaired) electrons. The number of rotatable bonds is 0. The van der Waals surface area contributed by atoms with Gasteiger partial charge >= 0.3 is 0 Å². The van der Waals surface area contributed by atoms with Gasteiger partial charge < -0.3 is 82.7 Å². The van der Waals surface area contributed by atoms with Crippen LogP contribution in [0.2, 0.25) is 0 Å². The quantitative estimate of drug-likeness (QED) is 0.103. The summed E-state index contributed by atoms with van der Waals surface area (Å²) in [6.07, 6.45) is 48.3. The molecule has 454 valence electrons. The first-order chi connectivity index (χ1) is 40.7. The van der Waals surface area contributed by atoms with Crippen molar-refractivity contribution in [1.29, 1.82) is 0 Å². The first kappa shape index (κ1) is 73.7. The van der Waals surface area contributed by atoms with Crippen LogP contribution in [0, 0.1) is 0 Å². The standard InChI is InChI=1S/3C6H9N.C6H7N.4C5H7NO.4C5H7NS/c4*1-6-4-2-3-5-7-6;1-5-4-7-3-2-6-5;1-5-2-3-7-4-6-5;2*1-5-6-3-2-4-7-5;1-5-4-7-3-2-6-5;1-5-2-3-7-4-6-5;2*1-5-6-3-2-4-7-5/h3,5,7H,1-2,4H2;2,4,7H,1,3,5H2;2-3,7H,1,4-5H2;2-5,7H,1H2;2*2-3,6H,1,4H2;2,4,6H,1,3H2;3*2-3,6H,1,4H2;2,4,6H,1,3H2;2-3,6H,1,4H2. The lowest BCUT2D eigenvalue weighted by molar-refractivity contribution is 0.222. The Labute approximate surface area is 519 Å². The van der Waals surface area contributed by atoms with E-state index in [9.17, 15) is 0 Å². The molecule has 16 nitrogen and oxygen atoms in total. The van der Waals surface area contributed by atoms with Crippen LogP contribution in [0.15, 0.2) is 304 Å². The summed E-state index contributed by atoms with van der Waals surface area (Å²) in [6, 6.07) is 0. The highest BCUT2D eigenvalue weighted by Crippen LogP contribution is 2.14. The van der Waals surface area contributed by atoms with Crippen molar-refractivity contribution in [3.05, 3.63) is 304 Å². The second kappa shape index (κ2) is 52.8. The summed E-state index contributed by atoms with van der Waals surface area (Å²) in [5.41, 5.74) is 8.15. The van der Waals surface area contributed by atoms with Crippen molar-refractivity contribution in [2.45, 2.75) is 25.7 Å². The number of hydrogen-bond acceptors (Lipinski definition) is 20. The Hall–Kier alpha value is -8.30. The summed E-state index contributed by atoms with van der Waals surface area (Å²) in [6.45, 7) is 49.6. The SMILES string of the molecule is C=C1C=CC=CN1.C=C1C=CCCN1.C=C1C=COCN1.C=C1C=CSCN1.C=C1CC=CCN1.C=C1CCC=CN1.C=C1COC=CN1.C=C1CSC=CN1.C=C1NC=CCO1.C=C1NC=CCS1.C=C1NCC=CO1.C=C1NCC=CS1. The zero-order valence-electron chi connectivity index (χ0n) is 48.7. The molecular weight excluding hydrogens is 1130 g/mol. The van der Waals surface area contributed by atoms with Crippen LogP contribution in [-0.4, -0.2) is 63.5 Å². The molecule has 0 amide bonds. The van der Waals surface area contributed by atoms with Gasteiger partial charge in [-0.15, -0.1) is 35.3 Å². The normalized spacial score (nSPS) is 18.6. The van der Waals surface area contributed by atoms with E-state index in [4.69, 9.17) is 18.9 Å². The molecule has 0 fully saturated rings. The Morgan fingerprint density at radius 1 is 0.440 bits per heavy atom. The second-order valence-electron chi connectivity index (χ2n) is 16.9. The summed E-state index contributed by atoms with van der Waals surface area (Å²) in [5.74, 6) is 4.29. The number of hydrogen-bond donors (Lipinski definition) is 12. The van der Waals surface area contributed by atoms with E-state index in [2.05, 4.69) is 179 Å². The van der Waals surface area contributed by atoms with Crippen molar-refractivity contribution < 1.29 is 18.9 Å². The third-order valence-corrected chi connectivity index (χ3v) is 12.6. The topological polar surface area (TPSA) is 181 Å². The Balaban J connectivity index is 0.000000458. The Bertz CT molecular complexity index is 2130. The van der Waals surface area contributed by atoms with Crippen LogP contribution in [0.3, 0.4) is 0 Å². The van der Waals surface area contributed by atoms with Crippen LogP contribution in [0.5, 0.6) is 0 Å². The molecule has 0 spiro atoms. The van der Waals surface area contributed by atoms with Gasteiger partial charge in [-0.1, -0.05) is 120 Å². The van der Waals surface area contributed by atoms with Gasteiger partial charge in [0.1, 0.15) is 13.2 Å². The molecule has 0 unspecified atom stereocenters. The molecule has 20 heteroatoms. The van der Waals surface area contributed by atoms with Gasteiger partial charge in [-0.3, -0.25) is 0 Å². The molecule has 0 atom stereocenters. The van der Waals surface area contributed by atoms with Crippen molar-refractivity contribution in [3.63, 3.8) is 0 Å². The van der Waals surface area contributed by atoms with Gasteiger partial charge in [0.15, 0.2) is 18.5 Å². The molecule has 0 aliphatic carbocycles. The lowest BCUT2D eigenvalue weighted by atomic mass is 10.2. The van der Waals surface area contributed by atoms with Gasteiger partial charge in [0.25, 0.3) is 0 Å². The average molecular weight is 1220 g/mol. The Morgan fingerprint density at radius 2 is 1.20 bits per heavy atom. The average Bonchev–Trinajstić information content (AvgIpc) is 3.51. The van der Waals surface area contributed by atoms with Gasteiger partial charge in [0.05, 0.1) is 34.7 Å². The summed E-state index contributed by atoms with van der Waals surface area (Å²) >= 11 is 6.86. The summed E-state index contributed by atoms with van der Waals surface area (Å²) in [4.78, 5) is 0. The Kier molecular flexibility index (Phi) is 46.3. The van der Waals surface area contributed by atoms with Gasteiger partial charge in [0.2, 0.25) is 0 Å². The molecule has 12 rings (SSSR count). The summed E-state index contributed by atoms with van der Waals surface area (Å²) < 4.78 is 19.3. The van der Waals surface area contributed by atoms with E-state index >= 15 is 0 Å². The first-order valence-electron chi connectivity index (χ1n) is 26.6. The lowest BCUT2D eigenvalue weighted by Gasteiger charge is -2.09. The molecule has 0 bridgehead atoms. The van der Waals surface area contributed by atoms with E-state index in [-0.39, 0.29) is 0 Å². The van der Waals surface area contributed by atoms with Crippen LogP contribution in [0.25, 0.3) is 0 Å². The molecule has 0 saturated carbocycles. The molecule has 12 heterocycles. The van der Waals surface area contributed by atoms with Crippen molar-refractivity contribution in [2.24, 2.45) is 0 Å². The summed E-state index contributed by atoms with van der Waals surface area (Å²) in [5, 5.41) is 43.8. The van der Waals surface area contributed by atoms with Crippen LogP contribution in [0.4, 0.5) is 0 Å². The van der Waals surface area contributed by atoms with E-state index in [1.807, 2.05) is 89.8 Å². The van der Waals surface area contributed by atoms with E-state index in [0.717, 1.165) is 125 Å². The molecule has 0 aromatic rings. The van der Waals surface area contributed by atoms with Crippen LogP contribution < -0.4 is 63.8 Å². The van der Waals surface area contributed by atoms with Crippen molar-refractivity contribution in [1.82, 2.24) is 63.8 Å². The Morgan fingerprint density at radius 3 is 1.49 bits per heavy atom. The zero-order chi connectivity index (χ0) is 61.4. The van der Waals surface area contributed by atoms with E-state index in [0.29, 0.717) is 31.7 Å². The fourth-order valence-electron chi connectivity index (χ4n) is 5.30. The monoisotopic (exact) mass is 1220 g/mol. The van der Waals surface area contributed by atoms with E-state index in [1.165, 1.54) is 0 Å². The number of ether oxygens (including phenoxy) is 4. The van der Waals surface area contributed by atoms with Gasteiger partial charge in [0, 0.05) is 114 Å². The van der Waals surface area contributed by atoms with Crippen molar-refractivity contribution in [2.75, 3.05) is 63.5 Å². The zero-order valence-corrected chi connectivity index (χ0v) is 51.9. The largest absolute Gasteiger partial charge is 0.494 e. The molecule has 0 saturated heterocycles. The highest BCUT2D eigenvalue weighted by atomic mass is 32.2. The maximum atomic E-state index is 4.89. The predicted octanol–water partition coefficient (Wildman–Crippen LogP) is 12.3. The molecule has 12 N–H and O–H groups in total. The maximum Gasteiger partial charge on any atom is 0.185 e. The maximum absolute atomic E-state index is 4.89. The minimum absolute atomic E-state index is 0.551. The first-order valence-corrected chi connectivity index (χ1v) is 30.5. The van der Waals surface area contributed by atoms with Gasteiger partial charge in [-0.25, -0.2) is 0 Å². The van der Waals surface area contributed by atoms with Crippen molar-refractivity contribution in [3.8, 4) is 0 Å². The smallest absolute Gasteiger partial charge is 0.185 e. The van der Waals surface area contributed by atoms with Crippen LogP contribution >= 0.6 is 47.0 Å². The molecule has 12 aliphatic heterocycles. The minimum atomic E-state index is 0.551. The predicted molar refractivity (Wildman–Crippen MR) is 368 cm³/mol. The lowest BCUT2D eigenvalue weighted by Crippen LogP contribution is -2.16. The van der Waals surface area contributed by atoms with E-state index in [1.54, 1.807) is 78.1 Å². The van der Waals surface area contributed by atoms with Crippen LogP contribution in [-0.2, 0) is 18.9 Å². The molecule has 0 aromatic heterocycles. The minimum Gasteiger partial charge on any atom is -0.494 e. The van der Waals surface area contributed by atoms with E-state index < -0.39 is 0 Å². The molecular formula is C64H90N12O4S4.